The van der Waals surface area contributed by atoms with Crippen LogP contribution in [-0.2, 0) is 31.9 Å². The largest absolute Gasteiger partial charge is 0.466 e. The summed E-state index contributed by atoms with van der Waals surface area (Å²) in [6.07, 6.45) is 8.68. The molecule has 0 aliphatic heterocycles. The van der Waals surface area contributed by atoms with Crippen molar-refractivity contribution in [3.05, 3.63) is 93.7 Å². The van der Waals surface area contributed by atoms with Crippen LogP contribution in [0.1, 0.15) is 86.1 Å². The quantitative estimate of drug-likeness (QED) is 0.0559. The van der Waals surface area contributed by atoms with E-state index in [2.05, 4.69) is 86.6 Å². The van der Waals surface area contributed by atoms with Gasteiger partial charge in [-0.15, -0.1) is 68.0 Å². The number of hydrogen-bond acceptors (Lipinski definition) is 13. The zero-order chi connectivity index (χ0) is 42.3. The minimum absolute atomic E-state index is 0.100. The minimum atomic E-state index is -0.100. The van der Waals surface area contributed by atoms with Gasteiger partial charge < -0.3 is 9.47 Å². The maximum Gasteiger partial charge on any atom is 0.305 e. The van der Waals surface area contributed by atoms with E-state index < -0.39 is 0 Å². The summed E-state index contributed by atoms with van der Waals surface area (Å²) < 4.78 is 20.0. The van der Waals surface area contributed by atoms with E-state index >= 15 is 0 Å². The Morgan fingerprint density at radius 1 is 0.475 bits per heavy atom. The Morgan fingerprint density at radius 2 is 0.902 bits per heavy atom. The highest BCUT2D eigenvalue weighted by Crippen LogP contribution is 2.48. The molecule has 0 saturated carbocycles. The lowest BCUT2D eigenvalue weighted by molar-refractivity contribution is -0.144. The molecule has 8 rings (SSSR count). The number of carbonyl (C=O) groups is 2. The Bertz CT molecular complexity index is 2550. The van der Waals surface area contributed by atoms with Gasteiger partial charge in [-0.05, 0) is 138 Å². The Labute approximate surface area is 386 Å². The van der Waals surface area contributed by atoms with Crippen LogP contribution in [-0.4, -0.2) is 33.9 Å². The molecule has 0 radical (unpaired) electrons. The number of hydrogen-bond donors (Lipinski definition) is 0. The van der Waals surface area contributed by atoms with Gasteiger partial charge in [-0.3, -0.25) is 9.59 Å². The normalized spacial score (nSPS) is 11.5. The third kappa shape index (κ3) is 10.5. The average Bonchev–Trinajstić information content (AvgIpc) is 4.10. The number of thiophene rings is 6. The van der Waals surface area contributed by atoms with Crippen LogP contribution in [0.2, 0.25) is 0 Å². The molecule has 0 aliphatic carbocycles. The summed E-state index contributed by atoms with van der Waals surface area (Å²) in [5.41, 5.74) is 6.88. The van der Waals surface area contributed by atoms with Crippen LogP contribution in [0.15, 0.2) is 72.8 Å². The van der Waals surface area contributed by atoms with Crippen LogP contribution in [0.5, 0.6) is 0 Å². The van der Waals surface area contributed by atoms with Gasteiger partial charge in [-0.1, -0.05) is 25.0 Å². The number of ether oxygens (including phenoxy) is 2. The standard InChI is InChI=1S/C48H48N2O4S7/c1-5-53-43(51)15-11-7-9-13-31-27-41(37-21-17-29(3)55-37)59-47(31)39-25-23-35(57-39)33-19-20-34(46-45(33)49-61-50-46)36-24-26-40(58-36)48-32(14-10-8-12-16-44(52)54-6-2)28-42(60-48)38-22-18-30(4)56-38/h17-28H,5-16H2,1-4H3. The van der Waals surface area contributed by atoms with Gasteiger partial charge in [0.2, 0.25) is 0 Å². The molecule has 6 nitrogen and oxygen atoms in total. The zero-order valence-electron chi connectivity index (χ0n) is 34.8. The number of esters is 2. The third-order valence-electron chi connectivity index (χ3n) is 10.5. The van der Waals surface area contributed by atoms with Crippen LogP contribution in [0.4, 0.5) is 0 Å². The molecule has 0 amide bonds. The lowest BCUT2D eigenvalue weighted by atomic mass is 10.0. The summed E-state index contributed by atoms with van der Waals surface area (Å²) in [4.78, 5) is 39.3. The minimum Gasteiger partial charge on any atom is -0.466 e. The van der Waals surface area contributed by atoms with Crippen molar-refractivity contribution in [2.24, 2.45) is 0 Å². The molecule has 0 fully saturated rings. The third-order valence-corrected chi connectivity index (χ3v) is 18.3. The second-order valence-electron chi connectivity index (χ2n) is 14.9. The number of benzene rings is 1. The second-order valence-corrected chi connectivity index (χ2v) is 22.3. The molecular formula is C48H48N2O4S7. The molecule has 316 valence electrons. The molecule has 0 N–H and O–H groups in total. The van der Waals surface area contributed by atoms with E-state index in [1.165, 1.54) is 81.4 Å². The molecule has 61 heavy (non-hydrogen) atoms. The number of unbranched alkanes of at least 4 members (excludes halogenated alkanes) is 4. The number of carbonyl (C=O) groups excluding carboxylic acids is 2. The van der Waals surface area contributed by atoms with Gasteiger partial charge in [-0.2, -0.15) is 8.75 Å². The number of aryl methyl sites for hydroxylation is 4. The summed E-state index contributed by atoms with van der Waals surface area (Å²) in [7, 11) is 0. The zero-order valence-corrected chi connectivity index (χ0v) is 40.5. The van der Waals surface area contributed by atoms with Gasteiger partial charge in [0, 0.05) is 82.5 Å². The Morgan fingerprint density at radius 3 is 1.31 bits per heavy atom. The van der Waals surface area contributed by atoms with E-state index in [1.807, 2.05) is 81.9 Å². The molecular weight excluding hydrogens is 893 g/mol. The highest BCUT2D eigenvalue weighted by molar-refractivity contribution is 7.28. The number of rotatable bonds is 20. The van der Waals surface area contributed by atoms with Crippen molar-refractivity contribution >= 4 is 103 Å². The highest BCUT2D eigenvalue weighted by atomic mass is 32.1. The van der Waals surface area contributed by atoms with Crippen molar-refractivity contribution in [2.45, 2.75) is 91.9 Å². The Hall–Kier alpha value is -3.82. The molecule has 0 bridgehead atoms. The predicted octanol–water partition coefficient (Wildman–Crippen LogP) is 16.0. The van der Waals surface area contributed by atoms with Crippen LogP contribution in [0.3, 0.4) is 0 Å². The fourth-order valence-electron chi connectivity index (χ4n) is 7.49. The van der Waals surface area contributed by atoms with Crippen molar-refractivity contribution in [3.8, 4) is 59.9 Å². The maximum absolute atomic E-state index is 11.9. The summed E-state index contributed by atoms with van der Waals surface area (Å²) in [5, 5.41) is 0. The fraction of sp³-hybridized carbons (Fsp3) is 0.333. The molecule has 0 spiro atoms. The number of nitrogens with zero attached hydrogens (tertiary/aromatic N) is 2. The molecule has 0 saturated heterocycles. The first-order valence-electron chi connectivity index (χ1n) is 20.9. The molecule has 7 heterocycles. The van der Waals surface area contributed by atoms with Crippen molar-refractivity contribution in [3.63, 3.8) is 0 Å². The summed E-state index contributed by atoms with van der Waals surface area (Å²) in [6.45, 7) is 8.92. The van der Waals surface area contributed by atoms with E-state index in [0.717, 1.165) is 73.5 Å². The van der Waals surface area contributed by atoms with Crippen LogP contribution in [0, 0.1) is 13.8 Å². The highest BCUT2D eigenvalue weighted by Gasteiger charge is 2.21. The molecule has 0 aliphatic rings. The molecule has 0 atom stereocenters. The topological polar surface area (TPSA) is 78.4 Å². The SMILES string of the molecule is CCOC(=O)CCCCCc1cc(-c2ccc(C)s2)sc1-c1ccc(-c2ccc(-c3ccc(-c4sc(-c5ccc(C)s5)cc4CCCCCC(=O)OCC)s3)c3nsnc23)s1. The van der Waals surface area contributed by atoms with Crippen LogP contribution >= 0.6 is 79.7 Å². The van der Waals surface area contributed by atoms with Crippen molar-refractivity contribution in [1.29, 1.82) is 0 Å². The first-order valence-corrected chi connectivity index (χ1v) is 26.6. The first kappa shape index (κ1) is 43.8. The van der Waals surface area contributed by atoms with Crippen molar-refractivity contribution in [2.75, 3.05) is 13.2 Å². The Kier molecular flexibility index (Phi) is 14.8. The van der Waals surface area contributed by atoms with E-state index in [-0.39, 0.29) is 11.9 Å². The lowest BCUT2D eigenvalue weighted by Crippen LogP contribution is -2.03. The van der Waals surface area contributed by atoms with E-state index in [9.17, 15) is 9.59 Å². The number of aromatic nitrogens is 2. The number of fused-ring (bicyclic) bond motifs is 1. The Balaban J connectivity index is 1.03. The van der Waals surface area contributed by atoms with Gasteiger partial charge in [0.15, 0.2) is 0 Å². The molecule has 13 heteroatoms. The molecule has 1 aromatic carbocycles. The van der Waals surface area contributed by atoms with E-state index in [0.29, 0.717) is 26.1 Å². The molecule has 7 aromatic heterocycles. The average molecular weight is 941 g/mol. The summed E-state index contributed by atoms with van der Waals surface area (Å²) in [6, 6.07) is 27.2. The van der Waals surface area contributed by atoms with Crippen LogP contribution in [0.25, 0.3) is 70.9 Å². The maximum atomic E-state index is 11.9. The van der Waals surface area contributed by atoms with E-state index in [1.54, 1.807) is 0 Å². The molecule has 8 aromatic rings. The monoisotopic (exact) mass is 940 g/mol. The second kappa shape index (κ2) is 20.6. The van der Waals surface area contributed by atoms with Crippen molar-refractivity contribution in [1.82, 2.24) is 8.75 Å². The van der Waals surface area contributed by atoms with Gasteiger partial charge in [-0.25, -0.2) is 0 Å². The summed E-state index contributed by atoms with van der Waals surface area (Å²) in [5.74, 6) is -0.201. The summed E-state index contributed by atoms with van der Waals surface area (Å²) >= 11 is 12.4. The van der Waals surface area contributed by atoms with Gasteiger partial charge in [0.1, 0.15) is 11.0 Å². The lowest BCUT2D eigenvalue weighted by Gasteiger charge is -2.05. The van der Waals surface area contributed by atoms with E-state index in [4.69, 9.17) is 18.2 Å². The fourth-order valence-corrected chi connectivity index (χ4v) is 14.7. The van der Waals surface area contributed by atoms with Gasteiger partial charge >= 0.3 is 11.9 Å². The smallest absolute Gasteiger partial charge is 0.305 e. The predicted molar refractivity (Wildman–Crippen MR) is 264 cm³/mol. The van der Waals surface area contributed by atoms with Crippen molar-refractivity contribution < 1.29 is 19.1 Å². The van der Waals surface area contributed by atoms with Crippen LogP contribution < -0.4 is 0 Å². The van der Waals surface area contributed by atoms with Gasteiger partial charge in [0.25, 0.3) is 0 Å². The van der Waals surface area contributed by atoms with Gasteiger partial charge in [0.05, 0.1) is 24.9 Å². The molecule has 0 unspecified atom stereocenters. The first-order chi connectivity index (χ1) is 29.8.